The maximum Gasteiger partial charge on any atom is 0.236 e. The zero-order valence-corrected chi connectivity index (χ0v) is 10.1. The van der Waals surface area contributed by atoms with Gasteiger partial charge in [0.05, 0.1) is 19.8 Å². The second-order valence-corrected chi connectivity index (χ2v) is 5.26. The molecule has 0 atom stereocenters. The second-order valence-electron chi connectivity index (χ2n) is 5.26. The van der Waals surface area contributed by atoms with Crippen molar-refractivity contribution < 1.29 is 9.53 Å². The van der Waals surface area contributed by atoms with Crippen molar-refractivity contribution in [2.45, 2.75) is 26.2 Å². The van der Waals surface area contributed by atoms with Crippen LogP contribution in [0.1, 0.15) is 26.2 Å². The van der Waals surface area contributed by atoms with Crippen LogP contribution in [0.4, 0.5) is 0 Å². The van der Waals surface area contributed by atoms with Crippen LogP contribution in [0.5, 0.6) is 0 Å². The van der Waals surface area contributed by atoms with E-state index in [-0.39, 0.29) is 5.91 Å². The van der Waals surface area contributed by atoms with Crippen molar-refractivity contribution in [3.05, 3.63) is 0 Å². The van der Waals surface area contributed by atoms with Gasteiger partial charge in [0.1, 0.15) is 0 Å². The topological polar surface area (TPSA) is 41.6 Å². The first kappa shape index (κ1) is 11.9. The number of hydrogen-bond acceptors (Lipinski definition) is 3. The van der Waals surface area contributed by atoms with E-state index in [4.69, 9.17) is 4.74 Å². The number of nitrogens with one attached hydrogen (secondary N) is 1. The molecule has 2 rings (SSSR count). The fraction of sp³-hybridized carbons (Fsp3) is 0.917. The lowest BCUT2D eigenvalue weighted by atomic mass is 9.70. The van der Waals surface area contributed by atoms with Gasteiger partial charge < -0.3 is 15.0 Å². The molecule has 1 saturated heterocycles. The van der Waals surface area contributed by atoms with Crippen LogP contribution in [0, 0.1) is 5.41 Å². The largest absolute Gasteiger partial charge is 0.378 e. The average molecular weight is 226 g/mol. The molecular weight excluding hydrogens is 204 g/mol. The van der Waals surface area contributed by atoms with Crippen molar-refractivity contribution in [3.8, 4) is 0 Å². The minimum Gasteiger partial charge on any atom is -0.378 e. The minimum absolute atomic E-state index is 0.214. The molecule has 0 aromatic heterocycles. The highest BCUT2D eigenvalue weighted by molar-refractivity contribution is 5.78. The highest BCUT2D eigenvalue weighted by Crippen LogP contribution is 2.39. The Morgan fingerprint density at radius 3 is 2.62 bits per heavy atom. The summed E-state index contributed by atoms with van der Waals surface area (Å²) in [7, 11) is 0. The van der Waals surface area contributed by atoms with Gasteiger partial charge in [0.15, 0.2) is 0 Å². The molecule has 4 nitrogen and oxygen atoms in total. The molecule has 2 fully saturated rings. The molecule has 1 N–H and O–H groups in total. The second kappa shape index (κ2) is 5.15. The molecule has 1 aliphatic carbocycles. The van der Waals surface area contributed by atoms with Crippen molar-refractivity contribution in [2.24, 2.45) is 5.41 Å². The summed E-state index contributed by atoms with van der Waals surface area (Å²) in [4.78, 5) is 13.7. The highest BCUT2D eigenvalue weighted by Gasteiger charge is 2.31. The lowest BCUT2D eigenvalue weighted by molar-refractivity contribution is -0.134. The number of rotatable bonds is 4. The molecule has 0 aromatic rings. The molecular formula is C12H22N2O2. The number of carbonyl (C=O) groups is 1. The molecule has 1 aliphatic heterocycles. The summed E-state index contributed by atoms with van der Waals surface area (Å²) in [6.07, 6.45) is 3.94. The van der Waals surface area contributed by atoms with Gasteiger partial charge >= 0.3 is 0 Å². The average Bonchev–Trinajstić information content (AvgIpc) is 2.28. The number of carbonyl (C=O) groups excluding carboxylic acids is 1. The smallest absolute Gasteiger partial charge is 0.236 e. The van der Waals surface area contributed by atoms with Gasteiger partial charge in [0.25, 0.3) is 0 Å². The lowest BCUT2D eigenvalue weighted by Gasteiger charge is -2.38. The monoisotopic (exact) mass is 226 g/mol. The maximum absolute atomic E-state index is 11.8. The Balaban J connectivity index is 1.63. The molecule has 4 heteroatoms. The van der Waals surface area contributed by atoms with Crippen molar-refractivity contribution in [1.29, 1.82) is 0 Å². The Morgan fingerprint density at radius 1 is 1.38 bits per heavy atom. The van der Waals surface area contributed by atoms with Crippen LogP contribution >= 0.6 is 0 Å². The van der Waals surface area contributed by atoms with Gasteiger partial charge in [0, 0.05) is 19.6 Å². The summed E-state index contributed by atoms with van der Waals surface area (Å²) in [5.74, 6) is 0.214. The van der Waals surface area contributed by atoms with Gasteiger partial charge in [-0.15, -0.1) is 0 Å². The van der Waals surface area contributed by atoms with Crippen molar-refractivity contribution >= 4 is 5.91 Å². The number of morpholine rings is 1. The molecule has 0 unspecified atom stereocenters. The molecule has 92 valence electrons. The molecule has 0 spiro atoms. The Labute approximate surface area is 97.3 Å². The maximum atomic E-state index is 11.8. The molecule has 16 heavy (non-hydrogen) atoms. The van der Waals surface area contributed by atoms with Gasteiger partial charge in [-0.3, -0.25) is 4.79 Å². The normalized spacial score (nSPS) is 23.9. The van der Waals surface area contributed by atoms with E-state index < -0.39 is 0 Å². The quantitative estimate of drug-likeness (QED) is 0.764. The third-order valence-electron chi connectivity index (χ3n) is 3.75. The predicted molar refractivity (Wildman–Crippen MR) is 62.2 cm³/mol. The van der Waals surface area contributed by atoms with E-state index in [1.807, 2.05) is 4.90 Å². The zero-order valence-electron chi connectivity index (χ0n) is 10.1. The molecule has 1 saturated carbocycles. The Bertz CT molecular complexity index is 245. The van der Waals surface area contributed by atoms with Crippen LogP contribution in [0.25, 0.3) is 0 Å². The number of hydrogen-bond donors (Lipinski definition) is 1. The molecule has 1 heterocycles. The van der Waals surface area contributed by atoms with Crippen molar-refractivity contribution in [3.63, 3.8) is 0 Å². The van der Waals surface area contributed by atoms with Gasteiger partial charge in [-0.05, 0) is 18.3 Å². The van der Waals surface area contributed by atoms with Crippen molar-refractivity contribution in [2.75, 3.05) is 39.4 Å². The molecule has 2 aliphatic rings. The molecule has 0 aromatic carbocycles. The van der Waals surface area contributed by atoms with E-state index in [9.17, 15) is 4.79 Å². The number of ether oxygens (including phenoxy) is 1. The number of nitrogens with zero attached hydrogens (tertiary/aromatic N) is 1. The standard InChI is InChI=1S/C12H22N2O2/c1-12(3-2-4-12)10-13-9-11(15)14-5-7-16-8-6-14/h13H,2-10H2,1H3. The van der Waals surface area contributed by atoms with Gasteiger partial charge in [0.2, 0.25) is 5.91 Å². The first-order valence-corrected chi connectivity index (χ1v) is 6.26. The van der Waals surface area contributed by atoms with Gasteiger partial charge in [-0.2, -0.15) is 0 Å². The fourth-order valence-corrected chi connectivity index (χ4v) is 2.35. The van der Waals surface area contributed by atoms with E-state index >= 15 is 0 Å². The fourth-order valence-electron chi connectivity index (χ4n) is 2.35. The summed E-state index contributed by atoms with van der Waals surface area (Å²) >= 11 is 0. The van der Waals surface area contributed by atoms with Crippen LogP contribution in [0.2, 0.25) is 0 Å². The Kier molecular flexibility index (Phi) is 3.82. The first-order chi connectivity index (χ1) is 7.70. The van der Waals surface area contributed by atoms with E-state index in [0.717, 1.165) is 19.6 Å². The van der Waals surface area contributed by atoms with E-state index in [0.29, 0.717) is 25.2 Å². The van der Waals surface area contributed by atoms with Crippen LogP contribution in [-0.2, 0) is 9.53 Å². The molecule has 1 amide bonds. The third kappa shape index (κ3) is 2.95. The minimum atomic E-state index is 0.214. The third-order valence-corrected chi connectivity index (χ3v) is 3.75. The van der Waals surface area contributed by atoms with E-state index in [1.54, 1.807) is 0 Å². The SMILES string of the molecule is CC1(CNCC(=O)N2CCOCC2)CCC1. The van der Waals surface area contributed by atoms with Crippen LogP contribution in [0.3, 0.4) is 0 Å². The van der Waals surface area contributed by atoms with E-state index in [1.165, 1.54) is 19.3 Å². The van der Waals surface area contributed by atoms with Crippen LogP contribution in [-0.4, -0.2) is 50.2 Å². The summed E-state index contributed by atoms with van der Waals surface area (Å²) in [5, 5.41) is 3.29. The summed E-state index contributed by atoms with van der Waals surface area (Å²) < 4.78 is 5.22. The van der Waals surface area contributed by atoms with Crippen molar-refractivity contribution in [1.82, 2.24) is 10.2 Å². The zero-order chi connectivity index (χ0) is 11.4. The Hall–Kier alpha value is -0.610. The van der Waals surface area contributed by atoms with Crippen LogP contribution in [0.15, 0.2) is 0 Å². The van der Waals surface area contributed by atoms with Crippen LogP contribution < -0.4 is 5.32 Å². The van der Waals surface area contributed by atoms with Gasteiger partial charge in [-0.1, -0.05) is 13.3 Å². The van der Waals surface area contributed by atoms with E-state index in [2.05, 4.69) is 12.2 Å². The summed E-state index contributed by atoms with van der Waals surface area (Å²) in [6.45, 7) is 6.61. The Morgan fingerprint density at radius 2 is 2.06 bits per heavy atom. The molecule has 0 radical (unpaired) electrons. The first-order valence-electron chi connectivity index (χ1n) is 6.26. The summed E-state index contributed by atoms with van der Waals surface area (Å²) in [5.41, 5.74) is 0.450. The molecule has 0 bridgehead atoms. The highest BCUT2D eigenvalue weighted by atomic mass is 16.5. The summed E-state index contributed by atoms with van der Waals surface area (Å²) in [6, 6.07) is 0. The lowest BCUT2D eigenvalue weighted by Crippen LogP contribution is -2.46. The predicted octanol–water partition coefficient (Wildman–Crippen LogP) is 0.625. The van der Waals surface area contributed by atoms with Gasteiger partial charge in [-0.25, -0.2) is 0 Å². The number of amides is 1.